The Morgan fingerprint density at radius 2 is 1.90 bits per heavy atom. The van der Waals surface area contributed by atoms with Crippen LogP contribution in [0.4, 0.5) is 5.69 Å². The first kappa shape index (κ1) is 14.6. The highest BCUT2D eigenvalue weighted by Crippen LogP contribution is 2.30. The van der Waals surface area contributed by atoms with Crippen molar-refractivity contribution in [3.05, 3.63) is 57.1 Å². The molecule has 0 atom stereocenters. The van der Waals surface area contributed by atoms with Crippen molar-refractivity contribution < 1.29 is 9.53 Å². The summed E-state index contributed by atoms with van der Waals surface area (Å²) in [7, 11) is 1.56. The van der Waals surface area contributed by atoms with Gasteiger partial charge in [0.2, 0.25) is 0 Å². The summed E-state index contributed by atoms with van der Waals surface area (Å²) in [4.78, 5) is 12.8. The van der Waals surface area contributed by atoms with E-state index in [1.165, 1.54) is 0 Å². The summed E-state index contributed by atoms with van der Waals surface area (Å²) in [5.41, 5.74) is 9.33. The number of hydrogen-bond donors (Lipinski definition) is 1. The minimum atomic E-state index is -0.127. The van der Waals surface area contributed by atoms with E-state index in [0.29, 0.717) is 22.6 Å². The van der Waals surface area contributed by atoms with E-state index in [4.69, 9.17) is 10.5 Å². The standard InChI is InChI=1S/C16H16BrNO2/c1-9-5-4-6-13(18)15(9)16(19)11-8-12(17)10(2)7-14(11)20-3/h4-8H,18H2,1-3H3. The molecule has 0 heterocycles. The Morgan fingerprint density at radius 1 is 1.20 bits per heavy atom. The van der Waals surface area contributed by atoms with Crippen LogP contribution in [0.3, 0.4) is 0 Å². The number of nitrogens with two attached hydrogens (primary N) is 1. The smallest absolute Gasteiger partial charge is 0.199 e. The number of ketones is 1. The lowest BCUT2D eigenvalue weighted by molar-refractivity contribution is 0.103. The SMILES string of the molecule is COc1cc(C)c(Br)cc1C(=O)c1c(C)cccc1N. The fourth-order valence-corrected chi connectivity index (χ4v) is 2.48. The second-order valence-electron chi connectivity index (χ2n) is 4.67. The van der Waals surface area contributed by atoms with E-state index >= 15 is 0 Å². The van der Waals surface area contributed by atoms with Crippen molar-refractivity contribution >= 4 is 27.4 Å². The molecule has 3 nitrogen and oxygen atoms in total. The van der Waals surface area contributed by atoms with Crippen LogP contribution in [-0.2, 0) is 0 Å². The molecule has 0 aromatic heterocycles. The number of ether oxygens (including phenoxy) is 1. The van der Waals surface area contributed by atoms with E-state index in [9.17, 15) is 4.79 Å². The van der Waals surface area contributed by atoms with Crippen LogP contribution in [0, 0.1) is 13.8 Å². The first-order valence-corrected chi connectivity index (χ1v) is 6.99. The van der Waals surface area contributed by atoms with E-state index in [2.05, 4.69) is 15.9 Å². The maximum atomic E-state index is 12.8. The Hall–Kier alpha value is -1.81. The quantitative estimate of drug-likeness (QED) is 0.684. The summed E-state index contributed by atoms with van der Waals surface area (Å²) in [5, 5.41) is 0. The maximum Gasteiger partial charge on any atom is 0.199 e. The molecule has 2 N–H and O–H groups in total. The van der Waals surface area contributed by atoms with Gasteiger partial charge in [0.25, 0.3) is 0 Å². The molecule has 0 saturated carbocycles. The molecule has 0 fully saturated rings. The Kier molecular flexibility index (Phi) is 4.14. The Labute approximate surface area is 126 Å². The molecule has 104 valence electrons. The highest BCUT2D eigenvalue weighted by molar-refractivity contribution is 9.10. The molecule has 0 aliphatic rings. The third-order valence-corrected chi connectivity index (χ3v) is 4.11. The van der Waals surface area contributed by atoms with Gasteiger partial charge in [0.1, 0.15) is 5.75 Å². The van der Waals surface area contributed by atoms with Gasteiger partial charge in [-0.3, -0.25) is 4.79 Å². The molecular weight excluding hydrogens is 318 g/mol. The highest BCUT2D eigenvalue weighted by Gasteiger charge is 2.19. The Morgan fingerprint density at radius 3 is 2.50 bits per heavy atom. The van der Waals surface area contributed by atoms with Crippen molar-refractivity contribution in [2.45, 2.75) is 13.8 Å². The van der Waals surface area contributed by atoms with E-state index in [0.717, 1.165) is 15.6 Å². The fourth-order valence-electron chi connectivity index (χ4n) is 2.14. The first-order valence-electron chi connectivity index (χ1n) is 6.19. The molecule has 0 spiro atoms. The van der Waals surface area contributed by atoms with E-state index in [1.807, 2.05) is 32.0 Å². The number of carbonyl (C=O) groups excluding carboxylic acids is 1. The topological polar surface area (TPSA) is 52.3 Å². The molecule has 0 saturated heterocycles. The number of halogens is 1. The van der Waals surface area contributed by atoms with Gasteiger partial charge in [0, 0.05) is 15.7 Å². The summed E-state index contributed by atoms with van der Waals surface area (Å²) < 4.78 is 6.19. The number of hydrogen-bond acceptors (Lipinski definition) is 3. The van der Waals surface area contributed by atoms with Crippen molar-refractivity contribution in [1.82, 2.24) is 0 Å². The fraction of sp³-hybridized carbons (Fsp3) is 0.188. The minimum absolute atomic E-state index is 0.127. The zero-order chi connectivity index (χ0) is 14.9. The number of nitrogen functional groups attached to an aromatic ring is 1. The zero-order valence-corrected chi connectivity index (χ0v) is 13.2. The van der Waals surface area contributed by atoms with Gasteiger partial charge < -0.3 is 10.5 Å². The monoisotopic (exact) mass is 333 g/mol. The number of rotatable bonds is 3. The van der Waals surface area contributed by atoms with Gasteiger partial charge in [-0.2, -0.15) is 0 Å². The molecule has 2 rings (SSSR count). The number of benzene rings is 2. The van der Waals surface area contributed by atoms with Crippen LogP contribution in [0.25, 0.3) is 0 Å². The molecule has 2 aromatic rings. The molecule has 0 bridgehead atoms. The van der Waals surface area contributed by atoms with Gasteiger partial charge in [-0.05, 0) is 43.2 Å². The average molecular weight is 334 g/mol. The molecule has 0 radical (unpaired) electrons. The summed E-state index contributed by atoms with van der Waals surface area (Å²) in [5.74, 6) is 0.427. The van der Waals surface area contributed by atoms with Gasteiger partial charge in [0.05, 0.1) is 12.7 Å². The lowest BCUT2D eigenvalue weighted by Gasteiger charge is -2.13. The average Bonchev–Trinajstić information content (AvgIpc) is 2.41. The lowest BCUT2D eigenvalue weighted by atomic mass is 9.96. The van der Waals surface area contributed by atoms with Crippen LogP contribution < -0.4 is 10.5 Å². The normalized spacial score (nSPS) is 10.4. The van der Waals surface area contributed by atoms with Crippen LogP contribution >= 0.6 is 15.9 Å². The summed E-state index contributed by atoms with van der Waals surface area (Å²) in [6.45, 7) is 3.82. The van der Waals surface area contributed by atoms with Crippen molar-refractivity contribution in [1.29, 1.82) is 0 Å². The van der Waals surface area contributed by atoms with Crippen LogP contribution in [0.1, 0.15) is 27.0 Å². The number of anilines is 1. The van der Waals surface area contributed by atoms with Gasteiger partial charge in [-0.15, -0.1) is 0 Å². The Balaban J connectivity index is 2.62. The van der Waals surface area contributed by atoms with Crippen molar-refractivity contribution in [3.8, 4) is 5.75 Å². The number of methoxy groups -OCH3 is 1. The zero-order valence-electron chi connectivity index (χ0n) is 11.7. The molecular formula is C16H16BrNO2. The molecule has 20 heavy (non-hydrogen) atoms. The summed E-state index contributed by atoms with van der Waals surface area (Å²) in [6, 6.07) is 9.06. The molecule has 0 unspecified atom stereocenters. The predicted molar refractivity (Wildman–Crippen MR) is 84.5 cm³/mol. The van der Waals surface area contributed by atoms with Crippen molar-refractivity contribution in [2.24, 2.45) is 0 Å². The summed E-state index contributed by atoms with van der Waals surface area (Å²) >= 11 is 3.45. The van der Waals surface area contributed by atoms with Crippen LogP contribution in [0.5, 0.6) is 5.75 Å². The predicted octanol–water partition coefficient (Wildman–Crippen LogP) is 3.89. The molecule has 0 aliphatic carbocycles. The van der Waals surface area contributed by atoms with Gasteiger partial charge in [-0.25, -0.2) is 0 Å². The summed E-state index contributed by atoms with van der Waals surface area (Å²) in [6.07, 6.45) is 0. The Bertz CT molecular complexity index is 660. The van der Waals surface area contributed by atoms with Crippen LogP contribution in [0.2, 0.25) is 0 Å². The van der Waals surface area contributed by atoms with Crippen molar-refractivity contribution in [3.63, 3.8) is 0 Å². The van der Waals surface area contributed by atoms with E-state index in [1.54, 1.807) is 19.2 Å². The maximum absolute atomic E-state index is 12.8. The second kappa shape index (κ2) is 5.67. The number of aryl methyl sites for hydroxylation is 2. The molecule has 0 aliphatic heterocycles. The van der Waals surface area contributed by atoms with Crippen LogP contribution in [-0.4, -0.2) is 12.9 Å². The third kappa shape index (κ3) is 2.56. The van der Waals surface area contributed by atoms with Gasteiger partial charge in [0.15, 0.2) is 5.78 Å². The molecule has 0 amide bonds. The molecule has 2 aromatic carbocycles. The third-order valence-electron chi connectivity index (χ3n) is 3.26. The van der Waals surface area contributed by atoms with E-state index in [-0.39, 0.29) is 5.78 Å². The highest BCUT2D eigenvalue weighted by atomic mass is 79.9. The minimum Gasteiger partial charge on any atom is -0.496 e. The number of carbonyl (C=O) groups is 1. The van der Waals surface area contributed by atoms with Crippen LogP contribution in [0.15, 0.2) is 34.8 Å². The largest absolute Gasteiger partial charge is 0.496 e. The first-order chi connectivity index (χ1) is 9.45. The second-order valence-corrected chi connectivity index (χ2v) is 5.52. The lowest BCUT2D eigenvalue weighted by Crippen LogP contribution is -2.09. The van der Waals surface area contributed by atoms with Gasteiger partial charge >= 0.3 is 0 Å². The van der Waals surface area contributed by atoms with E-state index < -0.39 is 0 Å². The van der Waals surface area contributed by atoms with Crippen molar-refractivity contribution in [2.75, 3.05) is 12.8 Å². The van der Waals surface area contributed by atoms with Gasteiger partial charge in [-0.1, -0.05) is 28.1 Å². The molecule has 4 heteroatoms.